The van der Waals surface area contributed by atoms with Crippen LogP contribution in [0.15, 0.2) is 47.3 Å². The summed E-state index contributed by atoms with van der Waals surface area (Å²) in [5, 5.41) is 12.0. The lowest BCUT2D eigenvalue weighted by atomic mass is 9.59. The highest BCUT2D eigenvalue weighted by atomic mass is 16.5. The summed E-state index contributed by atoms with van der Waals surface area (Å²) in [5.74, 6) is -1.04. The average molecular weight is 369 g/mol. The largest absolute Gasteiger partial charge is 0.481 e. The van der Waals surface area contributed by atoms with E-state index < -0.39 is 5.97 Å². The number of carboxylic acid groups (broad SMARTS) is 1. The van der Waals surface area contributed by atoms with E-state index >= 15 is 0 Å². The number of furan rings is 1. The Bertz CT molecular complexity index is 813. The molecule has 1 spiro atoms. The zero-order valence-electron chi connectivity index (χ0n) is 15.0. The third-order valence-corrected chi connectivity index (χ3v) is 5.80. The molecule has 1 aliphatic carbocycles. The summed E-state index contributed by atoms with van der Waals surface area (Å²) >= 11 is 0. The van der Waals surface area contributed by atoms with E-state index in [0.717, 1.165) is 24.0 Å². The molecule has 1 saturated carbocycles. The van der Waals surface area contributed by atoms with Crippen molar-refractivity contribution in [3.8, 4) is 11.1 Å². The molecule has 142 valence electrons. The number of amides is 1. The standard InChI is InChI=1S/C21H23NO5/c23-19(15-3-1-2-14(8-15)16-5-7-26-12-16)22-11-18-4-6-21(13-27-18)9-17(10-21)20(24)25/h1-3,5,7-8,12,17-18H,4,6,9-11,13H2,(H,22,23)(H,24,25). The van der Waals surface area contributed by atoms with Gasteiger partial charge in [-0.05, 0) is 54.9 Å². The molecule has 0 radical (unpaired) electrons. The van der Waals surface area contributed by atoms with E-state index in [9.17, 15) is 9.59 Å². The Balaban J connectivity index is 1.27. The number of hydrogen-bond acceptors (Lipinski definition) is 4. The van der Waals surface area contributed by atoms with Crippen LogP contribution in [0.3, 0.4) is 0 Å². The number of ether oxygens (including phenoxy) is 1. The molecule has 1 aromatic heterocycles. The molecule has 2 heterocycles. The van der Waals surface area contributed by atoms with E-state index in [2.05, 4.69) is 5.32 Å². The number of rotatable bonds is 5. The third kappa shape index (κ3) is 3.76. The molecule has 6 heteroatoms. The summed E-state index contributed by atoms with van der Waals surface area (Å²) < 4.78 is 11.0. The highest BCUT2D eigenvalue weighted by Crippen LogP contribution is 2.51. The summed E-state index contributed by atoms with van der Waals surface area (Å²) in [7, 11) is 0. The van der Waals surface area contributed by atoms with Crippen molar-refractivity contribution >= 4 is 11.9 Å². The Morgan fingerprint density at radius 3 is 2.74 bits per heavy atom. The van der Waals surface area contributed by atoms with Crippen molar-refractivity contribution in [2.75, 3.05) is 13.2 Å². The van der Waals surface area contributed by atoms with Crippen LogP contribution in [0.5, 0.6) is 0 Å². The lowest BCUT2D eigenvalue weighted by Crippen LogP contribution is -2.49. The molecule has 1 saturated heterocycles. The lowest BCUT2D eigenvalue weighted by molar-refractivity contribution is -0.161. The molecule has 1 atom stereocenters. The predicted molar refractivity (Wildman–Crippen MR) is 98.2 cm³/mol. The van der Waals surface area contributed by atoms with Gasteiger partial charge < -0.3 is 19.6 Å². The van der Waals surface area contributed by atoms with Crippen LogP contribution in [0, 0.1) is 11.3 Å². The molecule has 27 heavy (non-hydrogen) atoms. The molecular formula is C21H23NO5. The van der Waals surface area contributed by atoms with Crippen molar-refractivity contribution in [1.29, 1.82) is 0 Å². The maximum Gasteiger partial charge on any atom is 0.306 e. The van der Waals surface area contributed by atoms with Crippen LogP contribution in [0.2, 0.25) is 0 Å². The van der Waals surface area contributed by atoms with Gasteiger partial charge in [-0.25, -0.2) is 0 Å². The quantitative estimate of drug-likeness (QED) is 0.844. The minimum Gasteiger partial charge on any atom is -0.481 e. The van der Waals surface area contributed by atoms with Gasteiger partial charge in [-0.2, -0.15) is 0 Å². The van der Waals surface area contributed by atoms with Crippen molar-refractivity contribution in [3.05, 3.63) is 48.4 Å². The molecule has 2 fully saturated rings. The van der Waals surface area contributed by atoms with Crippen LogP contribution in [0.25, 0.3) is 11.1 Å². The molecule has 2 aliphatic rings. The Morgan fingerprint density at radius 2 is 2.07 bits per heavy atom. The summed E-state index contributed by atoms with van der Waals surface area (Å²) in [6.45, 7) is 1.06. The normalized spacial score (nSPS) is 27.1. The average Bonchev–Trinajstić information content (AvgIpc) is 3.19. The second-order valence-corrected chi connectivity index (χ2v) is 7.72. The first-order chi connectivity index (χ1) is 13.0. The zero-order chi connectivity index (χ0) is 18.9. The first kappa shape index (κ1) is 17.8. The van der Waals surface area contributed by atoms with Gasteiger partial charge in [0.05, 0.1) is 31.2 Å². The highest BCUT2D eigenvalue weighted by molar-refractivity contribution is 5.95. The van der Waals surface area contributed by atoms with Crippen molar-refractivity contribution in [2.45, 2.75) is 31.8 Å². The fourth-order valence-corrected chi connectivity index (χ4v) is 4.14. The zero-order valence-corrected chi connectivity index (χ0v) is 15.0. The highest BCUT2D eigenvalue weighted by Gasteiger charge is 2.49. The molecule has 1 unspecified atom stereocenters. The van der Waals surface area contributed by atoms with Crippen LogP contribution in [0.1, 0.15) is 36.0 Å². The van der Waals surface area contributed by atoms with Crippen molar-refractivity contribution in [3.63, 3.8) is 0 Å². The smallest absolute Gasteiger partial charge is 0.306 e. The summed E-state index contributed by atoms with van der Waals surface area (Å²) in [4.78, 5) is 23.5. The maximum absolute atomic E-state index is 12.5. The third-order valence-electron chi connectivity index (χ3n) is 5.80. The van der Waals surface area contributed by atoms with E-state index in [4.69, 9.17) is 14.3 Å². The summed E-state index contributed by atoms with van der Waals surface area (Å²) in [6.07, 6.45) is 6.48. The van der Waals surface area contributed by atoms with Crippen molar-refractivity contribution in [2.24, 2.45) is 11.3 Å². The van der Waals surface area contributed by atoms with Gasteiger partial charge in [0.1, 0.15) is 0 Å². The van der Waals surface area contributed by atoms with Gasteiger partial charge in [0.2, 0.25) is 0 Å². The number of aliphatic carboxylic acids is 1. The monoisotopic (exact) mass is 369 g/mol. The second-order valence-electron chi connectivity index (χ2n) is 7.72. The molecule has 0 bridgehead atoms. The number of hydrogen-bond donors (Lipinski definition) is 2. The van der Waals surface area contributed by atoms with Gasteiger partial charge in [0, 0.05) is 17.7 Å². The van der Waals surface area contributed by atoms with Crippen LogP contribution in [0.4, 0.5) is 0 Å². The number of nitrogens with one attached hydrogen (secondary N) is 1. The van der Waals surface area contributed by atoms with Gasteiger partial charge in [-0.15, -0.1) is 0 Å². The first-order valence-electron chi connectivity index (χ1n) is 9.30. The summed E-state index contributed by atoms with van der Waals surface area (Å²) in [5.41, 5.74) is 2.52. The molecule has 1 amide bonds. The van der Waals surface area contributed by atoms with Gasteiger partial charge in [-0.1, -0.05) is 12.1 Å². The fourth-order valence-electron chi connectivity index (χ4n) is 4.14. The number of carbonyl (C=O) groups excluding carboxylic acids is 1. The molecule has 2 aromatic rings. The van der Waals surface area contributed by atoms with E-state index in [1.807, 2.05) is 24.3 Å². The maximum atomic E-state index is 12.5. The number of carbonyl (C=O) groups is 2. The number of benzene rings is 1. The minimum absolute atomic E-state index is 0.0134. The molecule has 4 rings (SSSR count). The number of carboxylic acids is 1. The SMILES string of the molecule is O=C(NCC1CCC2(CO1)CC(C(=O)O)C2)c1cccc(-c2ccoc2)c1. The Labute approximate surface area is 157 Å². The first-order valence-corrected chi connectivity index (χ1v) is 9.30. The molecule has 1 aliphatic heterocycles. The fraction of sp³-hybridized carbons (Fsp3) is 0.429. The Hall–Kier alpha value is -2.60. The summed E-state index contributed by atoms with van der Waals surface area (Å²) in [6, 6.07) is 9.29. The van der Waals surface area contributed by atoms with Gasteiger partial charge >= 0.3 is 5.97 Å². The van der Waals surface area contributed by atoms with Crippen LogP contribution in [-0.4, -0.2) is 36.2 Å². The predicted octanol–water partition coefficient (Wildman–Crippen LogP) is 3.34. The Kier molecular flexibility index (Phi) is 4.74. The second kappa shape index (κ2) is 7.19. The van der Waals surface area contributed by atoms with E-state index in [1.165, 1.54) is 0 Å². The van der Waals surface area contributed by atoms with Gasteiger partial charge in [-0.3, -0.25) is 9.59 Å². The molecule has 6 nitrogen and oxygen atoms in total. The van der Waals surface area contributed by atoms with Gasteiger partial charge in [0.15, 0.2) is 0 Å². The van der Waals surface area contributed by atoms with Gasteiger partial charge in [0.25, 0.3) is 5.91 Å². The molecular weight excluding hydrogens is 346 g/mol. The minimum atomic E-state index is -0.701. The van der Waals surface area contributed by atoms with Crippen molar-refractivity contribution < 1.29 is 23.8 Å². The van der Waals surface area contributed by atoms with Crippen LogP contribution < -0.4 is 5.32 Å². The topological polar surface area (TPSA) is 88.8 Å². The van der Waals surface area contributed by atoms with Crippen molar-refractivity contribution in [1.82, 2.24) is 5.32 Å². The molecule has 2 N–H and O–H groups in total. The van der Waals surface area contributed by atoms with E-state index in [0.29, 0.717) is 31.6 Å². The lowest BCUT2D eigenvalue weighted by Gasteiger charge is -2.49. The van der Waals surface area contributed by atoms with E-state index in [1.54, 1.807) is 18.6 Å². The Morgan fingerprint density at radius 1 is 1.22 bits per heavy atom. The van der Waals surface area contributed by atoms with E-state index in [-0.39, 0.29) is 23.3 Å². The van der Waals surface area contributed by atoms with Crippen LogP contribution >= 0.6 is 0 Å². The van der Waals surface area contributed by atoms with Crippen LogP contribution in [-0.2, 0) is 9.53 Å². The molecule has 1 aromatic carbocycles.